The Morgan fingerprint density at radius 3 is 2.84 bits per heavy atom. The molecule has 2 atom stereocenters. The number of piperidine rings is 1. The smallest absolute Gasteiger partial charge is 0.241 e. The van der Waals surface area contributed by atoms with Crippen LogP contribution in [0.4, 0.5) is 0 Å². The Morgan fingerprint density at radius 1 is 1.32 bits per heavy atom. The highest BCUT2D eigenvalue weighted by Gasteiger charge is 2.21. The number of carbonyl (C=O) groups is 1. The summed E-state index contributed by atoms with van der Waals surface area (Å²) in [6.07, 6.45) is 4.07. The maximum atomic E-state index is 12.2. The number of fused-ring (bicyclic) bond motifs is 1. The lowest BCUT2D eigenvalue weighted by atomic mass is 9.92. The number of benzene rings is 1. The zero-order valence-electron chi connectivity index (χ0n) is 15.0. The minimum atomic E-state index is -0.00893. The highest BCUT2D eigenvalue weighted by Crippen LogP contribution is 2.21. The largest absolute Gasteiger partial charge is 0.354 e. The van der Waals surface area contributed by atoms with Crippen molar-refractivity contribution < 1.29 is 4.79 Å². The van der Waals surface area contributed by atoms with E-state index in [1.165, 1.54) is 19.5 Å². The SMILES string of the molecule is C[C@H]1C[C@H](C)CN(CCCNC(=O)Cn2ncc3ccc(Cl)cc32)C1. The van der Waals surface area contributed by atoms with E-state index in [9.17, 15) is 4.79 Å². The maximum Gasteiger partial charge on any atom is 0.241 e. The molecule has 5 nitrogen and oxygen atoms in total. The van der Waals surface area contributed by atoms with Crippen LogP contribution in [0.3, 0.4) is 0 Å². The Labute approximate surface area is 154 Å². The molecule has 25 heavy (non-hydrogen) atoms. The van der Waals surface area contributed by atoms with E-state index in [-0.39, 0.29) is 12.5 Å². The van der Waals surface area contributed by atoms with Gasteiger partial charge >= 0.3 is 0 Å². The minimum Gasteiger partial charge on any atom is -0.354 e. The molecule has 6 heteroatoms. The van der Waals surface area contributed by atoms with Gasteiger partial charge < -0.3 is 10.2 Å². The lowest BCUT2D eigenvalue weighted by Crippen LogP contribution is -2.40. The number of amides is 1. The molecule has 0 spiro atoms. The molecule has 136 valence electrons. The van der Waals surface area contributed by atoms with Crippen molar-refractivity contribution in [1.29, 1.82) is 0 Å². The number of hydrogen-bond donors (Lipinski definition) is 1. The molecule has 3 rings (SSSR count). The standard InChI is InChI=1S/C19H27ClN4O/c1-14-8-15(2)12-23(11-14)7-3-6-21-19(25)13-24-18-9-17(20)5-4-16(18)10-22-24/h4-5,9-10,14-15H,3,6-8,11-13H2,1-2H3,(H,21,25)/t14-,15-/m0/s1. The first-order valence-corrected chi connectivity index (χ1v) is 9.49. The molecule has 1 amide bonds. The van der Waals surface area contributed by atoms with E-state index in [4.69, 9.17) is 11.6 Å². The Kier molecular flexibility index (Phi) is 5.97. The van der Waals surface area contributed by atoms with Crippen LogP contribution in [-0.2, 0) is 11.3 Å². The molecule has 0 unspecified atom stereocenters. The predicted molar refractivity (Wildman–Crippen MR) is 102 cm³/mol. The summed E-state index contributed by atoms with van der Waals surface area (Å²) in [4.78, 5) is 14.7. The fourth-order valence-electron chi connectivity index (χ4n) is 3.87. The van der Waals surface area contributed by atoms with Crippen molar-refractivity contribution in [1.82, 2.24) is 20.0 Å². The van der Waals surface area contributed by atoms with E-state index in [0.29, 0.717) is 11.6 Å². The van der Waals surface area contributed by atoms with Crippen LogP contribution in [0.15, 0.2) is 24.4 Å². The van der Waals surface area contributed by atoms with Crippen molar-refractivity contribution in [2.24, 2.45) is 11.8 Å². The summed E-state index contributed by atoms with van der Waals surface area (Å²) in [6.45, 7) is 8.99. The molecule has 1 aliphatic heterocycles. The summed E-state index contributed by atoms with van der Waals surface area (Å²) in [6, 6.07) is 5.59. The molecule has 0 bridgehead atoms. The van der Waals surface area contributed by atoms with E-state index in [1.54, 1.807) is 10.9 Å². The van der Waals surface area contributed by atoms with Crippen molar-refractivity contribution in [3.8, 4) is 0 Å². The first kappa shape index (κ1) is 18.2. The number of rotatable bonds is 6. The quantitative estimate of drug-likeness (QED) is 0.803. The summed E-state index contributed by atoms with van der Waals surface area (Å²) >= 11 is 6.03. The van der Waals surface area contributed by atoms with Gasteiger partial charge in [-0.05, 0) is 49.4 Å². The van der Waals surface area contributed by atoms with Crippen molar-refractivity contribution in [3.63, 3.8) is 0 Å². The Hall–Kier alpha value is -1.59. The van der Waals surface area contributed by atoms with Gasteiger partial charge in [-0.2, -0.15) is 5.10 Å². The molecule has 1 fully saturated rings. The van der Waals surface area contributed by atoms with Gasteiger partial charge in [0, 0.05) is 30.0 Å². The van der Waals surface area contributed by atoms with Crippen LogP contribution in [0.25, 0.3) is 10.9 Å². The van der Waals surface area contributed by atoms with Crippen molar-refractivity contribution in [3.05, 3.63) is 29.4 Å². The number of nitrogens with zero attached hydrogens (tertiary/aromatic N) is 3. The second kappa shape index (κ2) is 8.19. The molecule has 0 aliphatic carbocycles. The molecular formula is C19H27ClN4O. The third-order valence-corrected chi connectivity index (χ3v) is 5.05. The molecule has 1 N–H and O–H groups in total. The zero-order chi connectivity index (χ0) is 17.8. The maximum absolute atomic E-state index is 12.2. The van der Waals surface area contributed by atoms with E-state index in [0.717, 1.165) is 35.7 Å². The highest BCUT2D eigenvalue weighted by atomic mass is 35.5. The first-order valence-electron chi connectivity index (χ1n) is 9.11. The van der Waals surface area contributed by atoms with Crippen LogP contribution in [0.5, 0.6) is 0 Å². The Balaban J connectivity index is 1.43. The van der Waals surface area contributed by atoms with Gasteiger partial charge in [-0.25, -0.2) is 0 Å². The fraction of sp³-hybridized carbons (Fsp3) is 0.579. The van der Waals surface area contributed by atoms with Crippen molar-refractivity contribution >= 4 is 28.4 Å². The average molecular weight is 363 g/mol. The molecule has 1 saturated heterocycles. The van der Waals surface area contributed by atoms with Crippen LogP contribution in [0.2, 0.25) is 5.02 Å². The van der Waals surface area contributed by atoms with E-state index in [2.05, 4.69) is 29.2 Å². The highest BCUT2D eigenvalue weighted by molar-refractivity contribution is 6.31. The monoisotopic (exact) mass is 362 g/mol. The molecular weight excluding hydrogens is 336 g/mol. The number of carbonyl (C=O) groups excluding carboxylic acids is 1. The number of hydrogen-bond acceptors (Lipinski definition) is 3. The van der Waals surface area contributed by atoms with Crippen LogP contribution < -0.4 is 5.32 Å². The molecule has 0 saturated carbocycles. The molecule has 1 aromatic carbocycles. The zero-order valence-corrected chi connectivity index (χ0v) is 15.8. The second-order valence-electron chi connectivity index (χ2n) is 7.41. The van der Waals surface area contributed by atoms with Gasteiger partial charge in [0.15, 0.2) is 0 Å². The number of halogens is 1. The van der Waals surface area contributed by atoms with Gasteiger partial charge in [0.1, 0.15) is 6.54 Å². The van der Waals surface area contributed by atoms with Crippen LogP contribution >= 0.6 is 11.6 Å². The van der Waals surface area contributed by atoms with E-state index in [1.807, 2.05) is 18.2 Å². The van der Waals surface area contributed by atoms with Crippen LogP contribution in [-0.4, -0.2) is 46.8 Å². The van der Waals surface area contributed by atoms with Gasteiger partial charge in [0.25, 0.3) is 0 Å². The van der Waals surface area contributed by atoms with Crippen molar-refractivity contribution in [2.45, 2.75) is 33.2 Å². The average Bonchev–Trinajstić information content (AvgIpc) is 2.93. The first-order chi connectivity index (χ1) is 12.0. The summed E-state index contributed by atoms with van der Waals surface area (Å²) < 4.78 is 1.70. The Bertz CT molecular complexity index is 719. The van der Waals surface area contributed by atoms with E-state index < -0.39 is 0 Å². The van der Waals surface area contributed by atoms with Crippen LogP contribution in [0, 0.1) is 11.8 Å². The van der Waals surface area contributed by atoms with Gasteiger partial charge in [-0.3, -0.25) is 9.48 Å². The molecule has 0 radical (unpaired) electrons. The fourth-order valence-corrected chi connectivity index (χ4v) is 4.03. The Morgan fingerprint density at radius 2 is 2.08 bits per heavy atom. The number of aromatic nitrogens is 2. The normalized spacial score (nSPS) is 21.6. The summed E-state index contributed by atoms with van der Waals surface area (Å²) in [5, 5.41) is 8.93. The minimum absolute atomic E-state index is 0.00893. The molecule has 1 aliphatic rings. The second-order valence-corrected chi connectivity index (χ2v) is 7.85. The van der Waals surface area contributed by atoms with Crippen LogP contribution in [0.1, 0.15) is 26.7 Å². The third kappa shape index (κ3) is 4.95. The lowest BCUT2D eigenvalue weighted by molar-refractivity contribution is -0.121. The van der Waals surface area contributed by atoms with Crippen molar-refractivity contribution in [2.75, 3.05) is 26.2 Å². The summed E-state index contributed by atoms with van der Waals surface area (Å²) in [5.74, 6) is 1.54. The summed E-state index contributed by atoms with van der Waals surface area (Å²) in [5.41, 5.74) is 0.888. The summed E-state index contributed by atoms with van der Waals surface area (Å²) in [7, 11) is 0. The predicted octanol–water partition coefficient (Wildman–Crippen LogP) is 3.17. The molecule has 2 aromatic rings. The number of nitrogens with one attached hydrogen (secondary N) is 1. The van der Waals surface area contributed by atoms with Gasteiger partial charge in [0.2, 0.25) is 5.91 Å². The molecule has 2 heterocycles. The lowest BCUT2D eigenvalue weighted by Gasteiger charge is -2.34. The number of likely N-dealkylation sites (tertiary alicyclic amines) is 1. The van der Waals surface area contributed by atoms with Gasteiger partial charge in [0.05, 0.1) is 11.7 Å². The van der Waals surface area contributed by atoms with E-state index >= 15 is 0 Å². The molecule has 1 aromatic heterocycles. The van der Waals surface area contributed by atoms with Gasteiger partial charge in [-0.15, -0.1) is 0 Å². The topological polar surface area (TPSA) is 50.2 Å². The van der Waals surface area contributed by atoms with Gasteiger partial charge in [-0.1, -0.05) is 25.4 Å². The third-order valence-electron chi connectivity index (χ3n) is 4.82.